The topological polar surface area (TPSA) is 72.1 Å². The highest BCUT2D eigenvalue weighted by Gasteiger charge is 2.42. The number of carbonyl (C=O) groups excluding carboxylic acids is 1. The molecule has 0 aromatic carbocycles. The fourth-order valence-corrected chi connectivity index (χ4v) is 5.32. The molecule has 1 unspecified atom stereocenters. The smallest absolute Gasteiger partial charge is 0.229 e. The minimum Gasteiger partial charge on any atom is -0.439 e. The summed E-state index contributed by atoms with van der Waals surface area (Å²) in [6.45, 7) is 1.56. The van der Waals surface area contributed by atoms with Crippen molar-refractivity contribution in [3.63, 3.8) is 0 Å². The Morgan fingerprint density at radius 1 is 1.19 bits per heavy atom. The number of pyridine rings is 2. The van der Waals surface area contributed by atoms with Crippen molar-refractivity contribution in [2.24, 2.45) is 5.92 Å². The number of amides is 1. The number of carbonyl (C=O) groups is 1. The van der Waals surface area contributed by atoms with Gasteiger partial charge in [-0.1, -0.05) is 0 Å². The van der Waals surface area contributed by atoms with Crippen LogP contribution in [-0.2, 0) is 11.2 Å². The van der Waals surface area contributed by atoms with Crippen LogP contribution in [-0.4, -0.2) is 44.5 Å². The van der Waals surface area contributed by atoms with Gasteiger partial charge in [0.25, 0.3) is 0 Å². The summed E-state index contributed by atoms with van der Waals surface area (Å²) in [7, 11) is 0. The summed E-state index contributed by atoms with van der Waals surface area (Å²) in [6, 6.07) is 6.35. The van der Waals surface area contributed by atoms with Crippen molar-refractivity contribution in [2.45, 2.75) is 64.0 Å². The molecule has 0 spiro atoms. The van der Waals surface area contributed by atoms with Crippen molar-refractivity contribution >= 4 is 16.8 Å². The summed E-state index contributed by atoms with van der Waals surface area (Å²) in [5, 5.41) is 0.921. The fourth-order valence-electron chi connectivity index (χ4n) is 5.32. The number of halogens is 1. The third-order valence-corrected chi connectivity index (χ3v) is 6.70. The Hall–Kier alpha value is -2.83. The van der Waals surface area contributed by atoms with E-state index in [1.165, 1.54) is 0 Å². The number of hydrogen-bond acceptors (Lipinski definition) is 5. The highest BCUT2D eigenvalue weighted by atomic mass is 19.1. The summed E-state index contributed by atoms with van der Waals surface area (Å²) in [5.41, 5.74) is 2.23. The number of nitrogens with zero attached hydrogens (tertiary/aromatic N) is 4. The van der Waals surface area contributed by atoms with E-state index in [4.69, 9.17) is 9.40 Å². The minimum atomic E-state index is -0.242. The second kappa shape index (κ2) is 8.36. The first-order valence-corrected chi connectivity index (χ1v) is 11.2. The number of alkyl halides is 1. The lowest BCUT2D eigenvalue weighted by Crippen LogP contribution is -2.47. The molecule has 7 heteroatoms. The van der Waals surface area contributed by atoms with E-state index in [1.54, 1.807) is 19.3 Å². The number of oxazole rings is 1. The fraction of sp³-hybridized carbons (Fsp3) is 0.500. The summed E-state index contributed by atoms with van der Waals surface area (Å²) in [6.07, 6.45) is 9.46. The number of aryl methyl sites for hydroxylation is 1. The third kappa shape index (κ3) is 4.05. The quantitative estimate of drug-likeness (QED) is 0.578. The maximum atomic E-state index is 13.2. The van der Waals surface area contributed by atoms with Gasteiger partial charge in [0.05, 0.1) is 30.5 Å². The van der Waals surface area contributed by atoms with Crippen molar-refractivity contribution < 1.29 is 13.6 Å². The van der Waals surface area contributed by atoms with E-state index >= 15 is 0 Å². The van der Waals surface area contributed by atoms with E-state index in [2.05, 4.69) is 14.9 Å². The minimum absolute atomic E-state index is 0.144. The molecule has 0 N–H and O–H groups in total. The van der Waals surface area contributed by atoms with Gasteiger partial charge in [-0.2, -0.15) is 0 Å². The van der Waals surface area contributed by atoms with Gasteiger partial charge in [-0.05, 0) is 62.6 Å². The largest absolute Gasteiger partial charge is 0.439 e. The number of aromatic nitrogens is 3. The van der Waals surface area contributed by atoms with Gasteiger partial charge < -0.3 is 9.32 Å². The van der Waals surface area contributed by atoms with E-state index in [1.807, 2.05) is 18.2 Å². The Morgan fingerprint density at radius 3 is 2.71 bits per heavy atom. The normalized spacial score (nSPS) is 22.9. The molecule has 2 aliphatic heterocycles. The molecule has 0 saturated carbocycles. The van der Waals surface area contributed by atoms with Crippen LogP contribution in [0.4, 0.5) is 4.39 Å². The van der Waals surface area contributed by atoms with Gasteiger partial charge in [-0.25, -0.2) is 9.97 Å². The van der Waals surface area contributed by atoms with Crippen LogP contribution in [0, 0.1) is 12.8 Å². The van der Waals surface area contributed by atoms with Gasteiger partial charge in [-0.15, -0.1) is 0 Å². The standard InChI is InChI=1S/C24H27FN4O2/c1-15-26-14-23(31-15)21-7-4-17-13-27-18(11-22(17)28-21)12-24(30)29-19-5-6-20(29)10-16(9-19)3-2-8-25/h4,7,11,13-14,16,19-20H,2-3,5-6,8-10,12H2,1H3/t16?,19-,20+. The Bertz CT molecular complexity index is 1080. The van der Waals surface area contributed by atoms with Crippen LogP contribution < -0.4 is 0 Å². The van der Waals surface area contributed by atoms with Gasteiger partial charge in [-0.3, -0.25) is 14.2 Å². The zero-order chi connectivity index (χ0) is 21.4. The van der Waals surface area contributed by atoms with Crippen LogP contribution in [0.25, 0.3) is 22.4 Å². The van der Waals surface area contributed by atoms with Crippen LogP contribution in [0.15, 0.2) is 35.0 Å². The molecule has 0 radical (unpaired) electrons. The molecule has 5 heterocycles. The molecule has 1 amide bonds. The van der Waals surface area contributed by atoms with E-state index in [0.29, 0.717) is 41.8 Å². The average molecular weight is 423 g/mol. The first-order chi connectivity index (χ1) is 15.1. The zero-order valence-corrected chi connectivity index (χ0v) is 17.8. The number of hydrogen-bond donors (Lipinski definition) is 0. The van der Waals surface area contributed by atoms with E-state index in [9.17, 15) is 9.18 Å². The molecule has 0 aliphatic carbocycles. The van der Waals surface area contributed by atoms with Gasteiger partial charge in [0.1, 0.15) is 5.69 Å². The van der Waals surface area contributed by atoms with Crippen molar-refractivity contribution in [2.75, 3.05) is 6.67 Å². The highest BCUT2D eigenvalue weighted by Crippen LogP contribution is 2.40. The molecule has 3 aromatic rings. The lowest BCUT2D eigenvalue weighted by molar-refractivity contribution is -0.135. The Kier molecular flexibility index (Phi) is 5.42. The summed E-state index contributed by atoms with van der Waals surface area (Å²) in [4.78, 5) is 28.6. The monoisotopic (exact) mass is 422 g/mol. The van der Waals surface area contributed by atoms with E-state index in [0.717, 1.165) is 48.7 Å². The van der Waals surface area contributed by atoms with Crippen molar-refractivity contribution in [1.29, 1.82) is 0 Å². The molecule has 31 heavy (non-hydrogen) atoms. The van der Waals surface area contributed by atoms with Crippen LogP contribution in [0.2, 0.25) is 0 Å². The number of piperidine rings is 1. The van der Waals surface area contributed by atoms with Gasteiger partial charge in [0, 0.05) is 30.6 Å². The van der Waals surface area contributed by atoms with Gasteiger partial charge >= 0.3 is 0 Å². The van der Waals surface area contributed by atoms with Gasteiger partial charge in [0.15, 0.2) is 11.7 Å². The SMILES string of the molecule is Cc1ncc(-c2ccc3cnc(CC(=O)N4[C@@H]5CC[C@H]4CC(CCCF)C5)cc3n2)o1. The molecule has 162 valence electrons. The van der Waals surface area contributed by atoms with Crippen LogP contribution in [0.3, 0.4) is 0 Å². The first kappa shape index (κ1) is 20.1. The van der Waals surface area contributed by atoms with Crippen molar-refractivity contribution in [3.05, 3.63) is 42.2 Å². The lowest BCUT2D eigenvalue weighted by atomic mass is 9.87. The molecule has 2 bridgehead atoms. The molecule has 3 atom stereocenters. The maximum absolute atomic E-state index is 13.2. The molecule has 2 aliphatic rings. The molecule has 2 fully saturated rings. The molecule has 3 aromatic heterocycles. The Morgan fingerprint density at radius 2 is 2.00 bits per heavy atom. The Balaban J connectivity index is 1.31. The maximum Gasteiger partial charge on any atom is 0.229 e. The first-order valence-electron chi connectivity index (χ1n) is 11.2. The van der Waals surface area contributed by atoms with Gasteiger partial charge in [0.2, 0.25) is 5.91 Å². The van der Waals surface area contributed by atoms with Crippen LogP contribution in [0.5, 0.6) is 0 Å². The summed E-state index contributed by atoms with van der Waals surface area (Å²) in [5.74, 6) is 1.92. The second-order valence-corrected chi connectivity index (χ2v) is 8.84. The average Bonchev–Trinajstić information content (AvgIpc) is 3.32. The highest BCUT2D eigenvalue weighted by molar-refractivity contribution is 5.83. The third-order valence-electron chi connectivity index (χ3n) is 6.70. The van der Waals surface area contributed by atoms with Crippen molar-refractivity contribution in [1.82, 2.24) is 19.9 Å². The van der Waals surface area contributed by atoms with Crippen LogP contribution in [0.1, 0.15) is 50.1 Å². The molecule has 5 rings (SSSR count). The second-order valence-electron chi connectivity index (χ2n) is 8.84. The Labute approximate surface area is 180 Å². The molecule has 2 saturated heterocycles. The summed E-state index contributed by atoms with van der Waals surface area (Å²) >= 11 is 0. The molecule has 6 nitrogen and oxygen atoms in total. The molecular formula is C24H27FN4O2. The van der Waals surface area contributed by atoms with E-state index < -0.39 is 0 Å². The van der Waals surface area contributed by atoms with Crippen molar-refractivity contribution in [3.8, 4) is 11.5 Å². The van der Waals surface area contributed by atoms with E-state index in [-0.39, 0.29) is 19.0 Å². The number of rotatable bonds is 6. The molecular weight excluding hydrogens is 395 g/mol. The predicted octanol–water partition coefficient (Wildman–Crippen LogP) is 4.66. The zero-order valence-electron chi connectivity index (χ0n) is 17.8. The summed E-state index contributed by atoms with van der Waals surface area (Å²) < 4.78 is 18.1. The number of fused-ring (bicyclic) bond motifs is 3. The predicted molar refractivity (Wildman–Crippen MR) is 115 cm³/mol. The lowest BCUT2D eigenvalue weighted by Gasteiger charge is -2.39. The van der Waals surface area contributed by atoms with Crippen LogP contribution >= 0.6 is 0 Å².